The molecule has 18 heavy (non-hydrogen) atoms. The molecule has 0 atom stereocenters. The molecule has 1 heterocycles. The van der Waals surface area contributed by atoms with Crippen molar-refractivity contribution in [1.82, 2.24) is 9.34 Å². The molecule has 2 rings (SSSR count). The summed E-state index contributed by atoms with van der Waals surface area (Å²) in [5.41, 5.74) is -0.720. The van der Waals surface area contributed by atoms with Crippen LogP contribution in [-0.2, 0) is 10.7 Å². The van der Waals surface area contributed by atoms with E-state index in [0.717, 1.165) is 12.1 Å². The maximum Gasteiger partial charge on any atom is 0.416 e. The van der Waals surface area contributed by atoms with Gasteiger partial charge in [0.2, 0.25) is 7.44 Å². The van der Waals surface area contributed by atoms with Gasteiger partial charge in [-0.15, -0.1) is 0 Å². The second-order valence-corrected chi connectivity index (χ2v) is 7.32. The SMILES string of the molecule is CN1CCN(C)P1(=O)c1ccc(C(F)(F)F)cc1. The van der Waals surface area contributed by atoms with Crippen LogP contribution in [0.4, 0.5) is 13.2 Å². The molecule has 0 N–H and O–H groups in total. The quantitative estimate of drug-likeness (QED) is 0.737. The molecule has 1 aromatic carbocycles. The molecule has 0 unspecified atom stereocenters. The third kappa shape index (κ3) is 2.09. The van der Waals surface area contributed by atoms with E-state index in [-0.39, 0.29) is 0 Å². The van der Waals surface area contributed by atoms with Gasteiger partial charge in [0.1, 0.15) is 0 Å². The Kier molecular flexibility index (Phi) is 3.30. The highest BCUT2D eigenvalue weighted by molar-refractivity contribution is 7.67. The van der Waals surface area contributed by atoms with E-state index in [4.69, 9.17) is 0 Å². The third-order valence-corrected chi connectivity index (χ3v) is 6.43. The van der Waals surface area contributed by atoms with Crippen LogP contribution >= 0.6 is 7.44 Å². The molecular formula is C11H14F3N2OP. The Hall–Kier alpha value is -0.840. The topological polar surface area (TPSA) is 23.6 Å². The first kappa shape index (κ1) is 13.6. The summed E-state index contributed by atoms with van der Waals surface area (Å²) in [4.78, 5) is 0. The van der Waals surface area contributed by atoms with Gasteiger partial charge < -0.3 is 0 Å². The molecule has 0 saturated carbocycles. The summed E-state index contributed by atoms with van der Waals surface area (Å²) in [5, 5.41) is 0.443. The Labute approximate surface area is 104 Å². The zero-order valence-electron chi connectivity index (χ0n) is 10.1. The summed E-state index contributed by atoms with van der Waals surface area (Å²) in [6, 6.07) is 4.58. The van der Waals surface area contributed by atoms with Gasteiger partial charge in [0.15, 0.2) is 0 Å². The van der Waals surface area contributed by atoms with Crippen LogP contribution in [0.5, 0.6) is 0 Å². The lowest BCUT2D eigenvalue weighted by Crippen LogP contribution is -2.23. The predicted octanol–water partition coefficient (Wildman–Crippen LogP) is 2.40. The Balaban J connectivity index is 2.38. The molecule has 0 aromatic heterocycles. The molecule has 0 spiro atoms. The van der Waals surface area contributed by atoms with Gasteiger partial charge in [0, 0.05) is 18.4 Å². The fourth-order valence-electron chi connectivity index (χ4n) is 2.06. The molecule has 0 amide bonds. The van der Waals surface area contributed by atoms with E-state index in [1.54, 1.807) is 23.4 Å². The molecule has 0 aliphatic carbocycles. The minimum absolute atomic E-state index is 0.443. The summed E-state index contributed by atoms with van der Waals surface area (Å²) in [7, 11) is 0.571. The Morgan fingerprint density at radius 3 is 1.89 bits per heavy atom. The maximum absolute atomic E-state index is 12.8. The van der Waals surface area contributed by atoms with Crippen LogP contribution in [0, 0.1) is 0 Å². The minimum atomic E-state index is -4.36. The van der Waals surface area contributed by atoms with Crippen LogP contribution in [-0.4, -0.2) is 36.5 Å². The van der Waals surface area contributed by atoms with Gasteiger partial charge in [0.05, 0.1) is 5.56 Å². The van der Waals surface area contributed by atoms with Crippen molar-refractivity contribution in [2.75, 3.05) is 27.2 Å². The van der Waals surface area contributed by atoms with E-state index in [1.165, 1.54) is 12.1 Å². The van der Waals surface area contributed by atoms with Gasteiger partial charge >= 0.3 is 6.18 Å². The summed E-state index contributed by atoms with van der Waals surface area (Å²) in [6.07, 6.45) is -4.36. The van der Waals surface area contributed by atoms with Crippen molar-refractivity contribution in [1.29, 1.82) is 0 Å². The van der Waals surface area contributed by atoms with Crippen LogP contribution in [0.2, 0.25) is 0 Å². The zero-order valence-corrected chi connectivity index (χ0v) is 11.0. The number of nitrogens with zero attached hydrogens (tertiary/aromatic N) is 2. The highest BCUT2D eigenvalue weighted by Crippen LogP contribution is 2.53. The van der Waals surface area contributed by atoms with E-state index < -0.39 is 19.2 Å². The average molecular weight is 278 g/mol. The van der Waals surface area contributed by atoms with Crippen LogP contribution in [0.3, 0.4) is 0 Å². The van der Waals surface area contributed by atoms with Crippen molar-refractivity contribution < 1.29 is 17.7 Å². The molecule has 0 radical (unpaired) electrons. The highest BCUT2D eigenvalue weighted by atomic mass is 31.2. The molecule has 3 nitrogen and oxygen atoms in total. The van der Waals surface area contributed by atoms with Crippen molar-refractivity contribution in [3.8, 4) is 0 Å². The standard InChI is InChI=1S/C11H14F3N2OP/c1-15-7-8-16(2)18(15,17)10-5-3-9(4-6-10)11(12,13)14/h3-6H,7-8H2,1-2H3. The Morgan fingerprint density at radius 2 is 1.50 bits per heavy atom. The fraction of sp³-hybridized carbons (Fsp3) is 0.455. The van der Waals surface area contributed by atoms with Gasteiger partial charge in [-0.05, 0) is 38.4 Å². The number of halogens is 3. The van der Waals surface area contributed by atoms with Crippen molar-refractivity contribution in [3.05, 3.63) is 29.8 Å². The number of likely N-dealkylation sites (N-methyl/N-ethyl adjacent to an activating group) is 2. The number of hydrogen-bond donors (Lipinski definition) is 0. The van der Waals surface area contributed by atoms with E-state index >= 15 is 0 Å². The van der Waals surface area contributed by atoms with Gasteiger partial charge in [-0.3, -0.25) is 4.57 Å². The van der Waals surface area contributed by atoms with Gasteiger partial charge in [-0.25, -0.2) is 9.34 Å². The predicted molar refractivity (Wildman–Crippen MR) is 63.9 cm³/mol. The van der Waals surface area contributed by atoms with Gasteiger partial charge in [0.25, 0.3) is 0 Å². The fourth-order valence-corrected chi connectivity index (χ4v) is 4.63. The first-order chi connectivity index (χ1) is 8.26. The molecule has 0 bridgehead atoms. The lowest BCUT2D eigenvalue weighted by molar-refractivity contribution is -0.137. The summed E-state index contributed by atoms with van der Waals surface area (Å²) in [6.45, 7) is 1.30. The van der Waals surface area contributed by atoms with Crippen molar-refractivity contribution in [3.63, 3.8) is 0 Å². The van der Waals surface area contributed by atoms with E-state index in [9.17, 15) is 17.7 Å². The maximum atomic E-state index is 12.8. The van der Waals surface area contributed by atoms with E-state index in [1.807, 2.05) is 0 Å². The second-order valence-electron chi connectivity index (χ2n) is 4.35. The van der Waals surface area contributed by atoms with Crippen LogP contribution in [0.1, 0.15) is 5.56 Å². The zero-order chi connectivity index (χ0) is 13.6. The lowest BCUT2D eigenvalue weighted by Gasteiger charge is -2.25. The Bertz CT molecular complexity index is 472. The molecule has 1 aliphatic rings. The highest BCUT2D eigenvalue weighted by Gasteiger charge is 2.40. The summed E-state index contributed by atoms with van der Waals surface area (Å²) >= 11 is 0. The molecule has 1 saturated heterocycles. The van der Waals surface area contributed by atoms with Crippen LogP contribution in [0.15, 0.2) is 24.3 Å². The van der Waals surface area contributed by atoms with Crippen molar-refractivity contribution in [2.45, 2.75) is 6.18 Å². The second kappa shape index (κ2) is 4.37. The third-order valence-electron chi connectivity index (χ3n) is 3.20. The normalized spacial score (nSPS) is 21.4. The molecule has 7 heteroatoms. The minimum Gasteiger partial charge on any atom is -0.284 e. The van der Waals surface area contributed by atoms with Crippen molar-refractivity contribution in [2.24, 2.45) is 0 Å². The number of alkyl halides is 3. The lowest BCUT2D eigenvalue weighted by atomic mass is 10.2. The molecule has 100 valence electrons. The van der Waals surface area contributed by atoms with Gasteiger partial charge in [-0.2, -0.15) is 13.2 Å². The number of hydrogen-bond acceptors (Lipinski definition) is 1. The first-order valence-corrected chi connectivity index (χ1v) is 7.08. The van der Waals surface area contributed by atoms with E-state index in [2.05, 4.69) is 0 Å². The average Bonchev–Trinajstić information content (AvgIpc) is 2.57. The molecule has 1 fully saturated rings. The van der Waals surface area contributed by atoms with Crippen LogP contribution in [0.25, 0.3) is 0 Å². The summed E-state index contributed by atoms with van der Waals surface area (Å²) in [5.74, 6) is 0. The first-order valence-electron chi connectivity index (χ1n) is 5.47. The number of rotatable bonds is 1. The van der Waals surface area contributed by atoms with Crippen molar-refractivity contribution >= 4 is 12.7 Å². The Morgan fingerprint density at radius 1 is 1.06 bits per heavy atom. The number of benzene rings is 1. The van der Waals surface area contributed by atoms with Gasteiger partial charge in [-0.1, -0.05) is 0 Å². The summed E-state index contributed by atoms with van der Waals surface area (Å²) < 4.78 is 53.6. The molecular weight excluding hydrogens is 264 g/mol. The monoisotopic (exact) mass is 278 g/mol. The largest absolute Gasteiger partial charge is 0.416 e. The van der Waals surface area contributed by atoms with E-state index in [0.29, 0.717) is 18.4 Å². The molecule has 1 aliphatic heterocycles. The van der Waals surface area contributed by atoms with Crippen LogP contribution < -0.4 is 5.30 Å². The molecule has 1 aromatic rings. The smallest absolute Gasteiger partial charge is 0.284 e.